The third kappa shape index (κ3) is 7.37. The number of rotatable bonds is 10. The molecule has 0 aromatic carbocycles. The van der Waals surface area contributed by atoms with Gasteiger partial charge in [-0.25, -0.2) is 9.99 Å². The highest BCUT2D eigenvalue weighted by molar-refractivity contribution is 6.08. The van der Waals surface area contributed by atoms with Gasteiger partial charge in [-0.05, 0) is 32.4 Å². The van der Waals surface area contributed by atoms with Crippen LogP contribution in [0, 0.1) is 0 Å². The molecule has 1 aromatic rings. The summed E-state index contributed by atoms with van der Waals surface area (Å²) in [5.41, 5.74) is 0.811. The molecule has 0 saturated carbocycles. The van der Waals surface area contributed by atoms with Gasteiger partial charge in [-0.1, -0.05) is 13.0 Å². The number of ether oxygens (including phenoxy) is 1. The van der Waals surface area contributed by atoms with Crippen LogP contribution in [0.3, 0.4) is 0 Å². The second-order valence-corrected chi connectivity index (χ2v) is 5.33. The molecule has 0 aliphatic heterocycles. The molecule has 0 aliphatic rings. The van der Waals surface area contributed by atoms with Crippen LogP contribution in [0.1, 0.15) is 32.8 Å². The number of hydrazone groups is 1. The molecule has 1 atom stereocenters. The maximum absolute atomic E-state index is 12.2. The van der Waals surface area contributed by atoms with Crippen LogP contribution in [0.15, 0.2) is 35.6 Å². The van der Waals surface area contributed by atoms with Gasteiger partial charge in [0.25, 0.3) is 0 Å². The minimum atomic E-state index is -2.97. The van der Waals surface area contributed by atoms with Crippen LogP contribution in [0.25, 0.3) is 0 Å². The van der Waals surface area contributed by atoms with Crippen molar-refractivity contribution in [3.8, 4) is 5.88 Å². The van der Waals surface area contributed by atoms with Crippen LogP contribution < -0.4 is 10.1 Å². The van der Waals surface area contributed by atoms with E-state index in [4.69, 9.17) is 0 Å². The maximum atomic E-state index is 12.2. The summed E-state index contributed by atoms with van der Waals surface area (Å²) in [5, 5.41) is 7.82. The van der Waals surface area contributed by atoms with Crippen LogP contribution in [-0.2, 0) is 9.59 Å². The van der Waals surface area contributed by atoms with Crippen molar-refractivity contribution < 1.29 is 23.1 Å². The summed E-state index contributed by atoms with van der Waals surface area (Å²) in [6.45, 7) is 2.32. The fourth-order valence-electron chi connectivity index (χ4n) is 1.84. The summed E-state index contributed by atoms with van der Waals surface area (Å²) >= 11 is 0. The van der Waals surface area contributed by atoms with E-state index in [1.165, 1.54) is 18.3 Å². The van der Waals surface area contributed by atoms with Gasteiger partial charge in [0.05, 0.1) is 5.71 Å². The fourth-order valence-corrected chi connectivity index (χ4v) is 1.84. The molecule has 0 bridgehead atoms. The number of hydrogen-bond donors (Lipinski definition) is 1. The molecule has 7 nitrogen and oxygen atoms in total. The monoisotopic (exact) mass is 368 g/mol. The highest BCUT2D eigenvalue weighted by atomic mass is 19.3. The maximum Gasteiger partial charge on any atom is 0.388 e. The molecule has 142 valence electrons. The first-order valence-electron chi connectivity index (χ1n) is 8.03. The molecule has 0 radical (unpaired) electrons. The minimum absolute atomic E-state index is 0.0124. The molecule has 26 heavy (non-hydrogen) atoms. The van der Waals surface area contributed by atoms with E-state index >= 15 is 0 Å². The molecule has 0 fully saturated rings. The van der Waals surface area contributed by atoms with Gasteiger partial charge in [0.2, 0.25) is 18.2 Å². The van der Waals surface area contributed by atoms with Gasteiger partial charge >= 0.3 is 6.61 Å². The van der Waals surface area contributed by atoms with Gasteiger partial charge < -0.3 is 10.1 Å². The second-order valence-electron chi connectivity index (χ2n) is 5.33. The van der Waals surface area contributed by atoms with E-state index in [1.54, 1.807) is 19.1 Å². The van der Waals surface area contributed by atoms with Gasteiger partial charge in [0, 0.05) is 23.9 Å². The van der Waals surface area contributed by atoms with Gasteiger partial charge in [-0.3, -0.25) is 9.59 Å². The molecule has 1 heterocycles. The molecular formula is C17H22F2N4O3. The third-order valence-corrected chi connectivity index (χ3v) is 3.25. The topological polar surface area (TPSA) is 83.9 Å². The van der Waals surface area contributed by atoms with Crippen LogP contribution in [0.4, 0.5) is 8.78 Å². The lowest BCUT2D eigenvalue weighted by molar-refractivity contribution is -0.128. The lowest BCUT2D eigenvalue weighted by Gasteiger charge is -2.16. The van der Waals surface area contributed by atoms with Crippen molar-refractivity contribution in [2.24, 2.45) is 5.10 Å². The van der Waals surface area contributed by atoms with Crippen molar-refractivity contribution in [2.75, 3.05) is 6.54 Å². The van der Waals surface area contributed by atoms with Crippen LogP contribution in [0.2, 0.25) is 0 Å². The highest BCUT2D eigenvalue weighted by Gasteiger charge is 2.12. The molecule has 1 aromatic heterocycles. The molecule has 0 spiro atoms. The molecule has 9 heteroatoms. The average Bonchev–Trinajstić information content (AvgIpc) is 2.60. The Kier molecular flexibility index (Phi) is 8.90. The molecule has 2 amide bonds. The number of allylic oxidation sites excluding steroid dienone is 2. The number of alkyl halides is 2. The minimum Gasteiger partial charge on any atom is -0.417 e. The summed E-state index contributed by atoms with van der Waals surface area (Å²) in [6.07, 6.45) is 5.77. The zero-order valence-corrected chi connectivity index (χ0v) is 14.9. The third-order valence-electron chi connectivity index (χ3n) is 3.25. The van der Waals surface area contributed by atoms with E-state index < -0.39 is 6.61 Å². The molecular weight excluding hydrogens is 346 g/mol. The zero-order chi connectivity index (χ0) is 19.5. The van der Waals surface area contributed by atoms with Crippen molar-refractivity contribution in [1.82, 2.24) is 15.3 Å². The number of carbonyl (C=O) groups is 2. The summed E-state index contributed by atoms with van der Waals surface area (Å²) < 4.78 is 28.5. The number of nitrogens with one attached hydrogen (secondary N) is 1. The number of pyridine rings is 1. The predicted octanol–water partition coefficient (Wildman–Crippen LogP) is 2.34. The lowest BCUT2D eigenvalue weighted by Crippen LogP contribution is -2.39. The first-order chi connectivity index (χ1) is 12.4. The molecule has 0 aliphatic carbocycles. The lowest BCUT2D eigenvalue weighted by atomic mass is 10.1. The number of hydrogen-bond acceptors (Lipinski definition) is 5. The SMILES string of the molecule is C/C=C\C(=N/N(C=O)CC(=O)NC(C)CC)c1ccc(OC(F)F)nc1. The number of amides is 2. The van der Waals surface area contributed by atoms with Crippen molar-refractivity contribution in [3.05, 3.63) is 36.0 Å². The molecule has 0 saturated heterocycles. The van der Waals surface area contributed by atoms with Crippen LogP contribution in [0.5, 0.6) is 5.88 Å². The quantitative estimate of drug-likeness (QED) is 0.390. The van der Waals surface area contributed by atoms with Gasteiger partial charge in [0.15, 0.2) is 0 Å². The van der Waals surface area contributed by atoms with E-state index in [0.717, 1.165) is 11.4 Å². The highest BCUT2D eigenvalue weighted by Crippen LogP contribution is 2.12. The largest absolute Gasteiger partial charge is 0.417 e. The number of nitrogens with zero attached hydrogens (tertiary/aromatic N) is 3. The molecule has 1 N–H and O–H groups in total. The van der Waals surface area contributed by atoms with Crippen LogP contribution >= 0.6 is 0 Å². The van der Waals surface area contributed by atoms with Gasteiger partial charge in [0.1, 0.15) is 6.54 Å². The Labute approximate surface area is 150 Å². The molecule has 1 rings (SSSR count). The van der Waals surface area contributed by atoms with Gasteiger partial charge in [-0.2, -0.15) is 13.9 Å². The summed E-state index contributed by atoms with van der Waals surface area (Å²) in [6, 6.07) is 2.73. The summed E-state index contributed by atoms with van der Waals surface area (Å²) in [5.74, 6) is -0.572. The Bertz CT molecular complexity index is 648. The van der Waals surface area contributed by atoms with E-state index in [0.29, 0.717) is 17.7 Å². The Hall–Kier alpha value is -2.84. The van der Waals surface area contributed by atoms with Crippen molar-refractivity contribution >= 4 is 18.0 Å². The Morgan fingerprint density at radius 1 is 1.46 bits per heavy atom. The van der Waals surface area contributed by atoms with E-state index in [2.05, 4.69) is 20.1 Å². The summed E-state index contributed by atoms with van der Waals surface area (Å²) in [4.78, 5) is 26.9. The first-order valence-corrected chi connectivity index (χ1v) is 8.03. The van der Waals surface area contributed by atoms with E-state index in [9.17, 15) is 18.4 Å². The van der Waals surface area contributed by atoms with E-state index in [-0.39, 0.29) is 24.4 Å². The normalized spacial score (nSPS) is 12.9. The number of carbonyl (C=O) groups excluding carboxylic acids is 2. The van der Waals surface area contributed by atoms with Crippen molar-refractivity contribution in [1.29, 1.82) is 0 Å². The van der Waals surface area contributed by atoms with Crippen molar-refractivity contribution in [2.45, 2.75) is 39.8 Å². The number of aromatic nitrogens is 1. The Morgan fingerprint density at radius 3 is 2.69 bits per heavy atom. The van der Waals surface area contributed by atoms with Crippen LogP contribution in [-0.4, -0.2) is 47.2 Å². The smallest absolute Gasteiger partial charge is 0.388 e. The Morgan fingerprint density at radius 2 is 2.19 bits per heavy atom. The number of halogens is 2. The standard InChI is InChI=1S/C17H22F2N4O3/c1-4-6-14(13-7-8-16(20-9-13)26-17(18)19)22-23(11-24)10-15(25)21-12(3)5-2/h4,6-9,11-12,17H,5,10H2,1-3H3,(H,21,25)/b6-4-,22-14+. The summed E-state index contributed by atoms with van der Waals surface area (Å²) in [7, 11) is 0. The van der Waals surface area contributed by atoms with Gasteiger partial charge in [-0.15, -0.1) is 0 Å². The molecule has 1 unspecified atom stereocenters. The second kappa shape index (κ2) is 10.9. The fraction of sp³-hybridized carbons (Fsp3) is 0.412. The Balaban J connectivity index is 2.94. The average molecular weight is 368 g/mol. The zero-order valence-electron chi connectivity index (χ0n) is 14.9. The first kappa shape index (κ1) is 21.2. The van der Waals surface area contributed by atoms with E-state index in [1.807, 2.05) is 13.8 Å². The predicted molar refractivity (Wildman–Crippen MR) is 92.9 cm³/mol. The van der Waals surface area contributed by atoms with Crippen molar-refractivity contribution in [3.63, 3.8) is 0 Å².